The molecule has 2 N–H and O–H groups in total. The van der Waals surface area contributed by atoms with Crippen LogP contribution in [0, 0.1) is 0 Å². The number of anilines is 1. The summed E-state index contributed by atoms with van der Waals surface area (Å²) in [7, 11) is 1.72. The molecule has 5 nitrogen and oxygen atoms in total. The number of ether oxygens (including phenoxy) is 1. The highest BCUT2D eigenvalue weighted by Gasteiger charge is 2.27. The number of para-hydroxylation sites is 1. The number of nitrogens with one attached hydrogen (secondary N) is 2. The molecular weight excluding hydrogens is 393 g/mol. The fourth-order valence-electron chi connectivity index (χ4n) is 3.44. The number of nitrogens with zero attached hydrogens (tertiary/aromatic N) is 2. The van der Waals surface area contributed by atoms with Gasteiger partial charge in [-0.15, -0.1) is 0 Å². The molecule has 0 radical (unpaired) electrons. The van der Waals surface area contributed by atoms with E-state index < -0.39 is 12.8 Å². The van der Waals surface area contributed by atoms with Crippen molar-refractivity contribution in [3.05, 3.63) is 65.7 Å². The van der Waals surface area contributed by atoms with Crippen molar-refractivity contribution < 1.29 is 17.9 Å². The lowest BCUT2D eigenvalue weighted by Gasteiger charge is -2.20. The first-order chi connectivity index (χ1) is 14.4. The molecule has 3 rings (SSSR count). The SMILES string of the molecule is CN=C(NCc1cccc(COCC(F)(F)F)c1)NC1CCN(c2ccccc2)C1. The van der Waals surface area contributed by atoms with Gasteiger partial charge < -0.3 is 20.3 Å². The first-order valence-electron chi connectivity index (χ1n) is 9.92. The Morgan fingerprint density at radius 2 is 1.90 bits per heavy atom. The third kappa shape index (κ3) is 6.95. The molecule has 2 aromatic carbocycles. The lowest BCUT2D eigenvalue weighted by atomic mass is 10.1. The van der Waals surface area contributed by atoms with E-state index in [4.69, 9.17) is 4.74 Å². The quantitative estimate of drug-likeness (QED) is 0.530. The Kier molecular flexibility index (Phi) is 7.57. The van der Waals surface area contributed by atoms with Crippen molar-refractivity contribution >= 4 is 11.6 Å². The van der Waals surface area contributed by atoms with E-state index in [9.17, 15) is 13.2 Å². The van der Waals surface area contributed by atoms with E-state index in [0.29, 0.717) is 24.1 Å². The molecule has 0 aliphatic carbocycles. The van der Waals surface area contributed by atoms with Gasteiger partial charge in [-0.2, -0.15) is 13.2 Å². The molecule has 0 bridgehead atoms. The second kappa shape index (κ2) is 10.3. The summed E-state index contributed by atoms with van der Waals surface area (Å²) >= 11 is 0. The monoisotopic (exact) mass is 420 g/mol. The molecule has 1 heterocycles. The number of hydrogen-bond donors (Lipinski definition) is 2. The van der Waals surface area contributed by atoms with Gasteiger partial charge in [-0.25, -0.2) is 0 Å². The van der Waals surface area contributed by atoms with Gasteiger partial charge in [0, 0.05) is 38.4 Å². The molecule has 1 aliphatic rings. The number of halogens is 3. The Labute approximate surface area is 174 Å². The number of aliphatic imine (C=N–C) groups is 1. The summed E-state index contributed by atoms with van der Waals surface area (Å²) in [4.78, 5) is 6.63. The molecule has 8 heteroatoms. The van der Waals surface area contributed by atoms with Crippen LogP contribution in [0.3, 0.4) is 0 Å². The standard InChI is InChI=1S/C22H27F3N4O/c1-26-21(28-19-10-11-29(14-19)20-8-3-2-4-9-20)27-13-17-6-5-7-18(12-17)15-30-16-22(23,24)25/h2-9,12,19H,10-11,13-16H2,1H3,(H2,26,27,28). The Morgan fingerprint density at radius 3 is 2.63 bits per heavy atom. The third-order valence-electron chi connectivity index (χ3n) is 4.86. The summed E-state index contributed by atoms with van der Waals surface area (Å²) in [5.41, 5.74) is 2.87. The van der Waals surface area contributed by atoms with E-state index in [1.54, 1.807) is 13.1 Å². The zero-order valence-corrected chi connectivity index (χ0v) is 17.0. The molecular formula is C22H27F3N4O. The van der Waals surface area contributed by atoms with Gasteiger partial charge in [0.2, 0.25) is 0 Å². The van der Waals surface area contributed by atoms with Crippen LogP contribution < -0.4 is 15.5 Å². The Bertz CT molecular complexity index is 827. The maximum atomic E-state index is 12.2. The Balaban J connectivity index is 1.46. The molecule has 0 spiro atoms. The summed E-state index contributed by atoms with van der Waals surface area (Å²) in [5.74, 6) is 0.702. The third-order valence-corrected chi connectivity index (χ3v) is 4.86. The zero-order chi connectivity index (χ0) is 21.4. The highest BCUT2D eigenvalue weighted by molar-refractivity contribution is 5.80. The summed E-state index contributed by atoms with van der Waals surface area (Å²) in [6.45, 7) is 1.09. The van der Waals surface area contributed by atoms with E-state index in [0.717, 1.165) is 25.1 Å². The molecule has 30 heavy (non-hydrogen) atoms. The van der Waals surface area contributed by atoms with E-state index >= 15 is 0 Å². The highest BCUT2D eigenvalue weighted by atomic mass is 19.4. The molecule has 1 fully saturated rings. The van der Waals surface area contributed by atoms with Gasteiger partial charge in [0.25, 0.3) is 0 Å². The van der Waals surface area contributed by atoms with Crippen molar-refractivity contribution in [1.82, 2.24) is 10.6 Å². The van der Waals surface area contributed by atoms with Crippen LogP contribution in [0.25, 0.3) is 0 Å². The average molecular weight is 420 g/mol. The molecule has 2 aromatic rings. The minimum atomic E-state index is -4.31. The molecule has 1 aliphatic heterocycles. The lowest BCUT2D eigenvalue weighted by molar-refractivity contribution is -0.176. The maximum Gasteiger partial charge on any atom is 0.411 e. The summed E-state index contributed by atoms with van der Waals surface area (Å²) in [6, 6.07) is 17.9. The number of rotatable bonds is 7. The van der Waals surface area contributed by atoms with Crippen molar-refractivity contribution in [2.24, 2.45) is 4.99 Å². The Morgan fingerprint density at radius 1 is 1.13 bits per heavy atom. The second-order valence-corrected chi connectivity index (χ2v) is 7.27. The molecule has 1 saturated heterocycles. The molecule has 1 atom stereocenters. The van der Waals surface area contributed by atoms with Gasteiger partial charge in [0.05, 0.1) is 6.61 Å². The first kappa shape index (κ1) is 22.0. The fraction of sp³-hybridized carbons (Fsp3) is 0.409. The maximum absolute atomic E-state index is 12.2. The lowest BCUT2D eigenvalue weighted by Crippen LogP contribution is -2.44. The van der Waals surface area contributed by atoms with Gasteiger partial charge in [-0.05, 0) is 29.7 Å². The molecule has 1 unspecified atom stereocenters. The average Bonchev–Trinajstić information content (AvgIpc) is 3.20. The summed E-state index contributed by atoms with van der Waals surface area (Å²) in [5, 5.41) is 6.72. The smallest absolute Gasteiger partial charge is 0.369 e. The van der Waals surface area contributed by atoms with Crippen molar-refractivity contribution in [2.75, 3.05) is 31.6 Å². The number of guanidine groups is 1. The van der Waals surface area contributed by atoms with Gasteiger partial charge in [-0.1, -0.05) is 42.5 Å². The van der Waals surface area contributed by atoms with Crippen LogP contribution >= 0.6 is 0 Å². The van der Waals surface area contributed by atoms with E-state index in [1.165, 1.54) is 5.69 Å². The topological polar surface area (TPSA) is 48.9 Å². The minimum Gasteiger partial charge on any atom is -0.369 e. The second-order valence-electron chi connectivity index (χ2n) is 7.27. The van der Waals surface area contributed by atoms with Gasteiger partial charge >= 0.3 is 6.18 Å². The highest BCUT2D eigenvalue weighted by Crippen LogP contribution is 2.19. The summed E-state index contributed by atoms with van der Waals surface area (Å²) < 4.78 is 41.4. The number of benzene rings is 2. The molecule has 162 valence electrons. The summed E-state index contributed by atoms with van der Waals surface area (Å²) in [6.07, 6.45) is -3.30. The predicted octanol–water partition coefficient (Wildman–Crippen LogP) is 3.71. The van der Waals surface area contributed by atoms with Crippen molar-refractivity contribution in [3.63, 3.8) is 0 Å². The largest absolute Gasteiger partial charge is 0.411 e. The first-order valence-corrected chi connectivity index (χ1v) is 9.92. The normalized spacial score (nSPS) is 17.3. The van der Waals surface area contributed by atoms with Crippen molar-refractivity contribution in [1.29, 1.82) is 0 Å². The van der Waals surface area contributed by atoms with Crippen LogP contribution in [-0.2, 0) is 17.9 Å². The van der Waals surface area contributed by atoms with Crippen LogP contribution in [0.1, 0.15) is 17.5 Å². The Hall–Kier alpha value is -2.74. The zero-order valence-electron chi connectivity index (χ0n) is 17.0. The van der Waals surface area contributed by atoms with Crippen molar-refractivity contribution in [3.8, 4) is 0 Å². The molecule has 0 aromatic heterocycles. The van der Waals surface area contributed by atoms with E-state index in [-0.39, 0.29) is 6.61 Å². The van der Waals surface area contributed by atoms with Crippen LogP contribution in [0.2, 0.25) is 0 Å². The predicted molar refractivity (Wildman–Crippen MR) is 113 cm³/mol. The van der Waals surface area contributed by atoms with E-state index in [1.807, 2.05) is 36.4 Å². The molecule has 0 saturated carbocycles. The number of hydrogen-bond acceptors (Lipinski definition) is 3. The van der Waals surface area contributed by atoms with Crippen LogP contribution in [0.15, 0.2) is 59.6 Å². The van der Waals surface area contributed by atoms with Crippen molar-refractivity contribution in [2.45, 2.75) is 31.8 Å². The van der Waals surface area contributed by atoms with Gasteiger partial charge in [0.15, 0.2) is 5.96 Å². The fourth-order valence-corrected chi connectivity index (χ4v) is 3.44. The van der Waals surface area contributed by atoms with Crippen LogP contribution in [-0.4, -0.2) is 44.9 Å². The van der Waals surface area contributed by atoms with Gasteiger partial charge in [0.1, 0.15) is 6.61 Å². The number of alkyl halides is 3. The van der Waals surface area contributed by atoms with Crippen LogP contribution in [0.4, 0.5) is 18.9 Å². The molecule has 0 amide bonds. The van der Waals surface area contributed by atoms with Gasteiger partial charge in [-0.3, -0.25) is 4.99 Å². The van der Waals surface area contributed by atoms with Crippen LogP contribution in [0.5, 0.6) is 0 Å². The minimum absolute atomic E-state index is 0.0717. The van der Waals surface area contributed by atoms with E-state index in [2.05, 4.69) is 32.7 Å².